The number of aromatic carboxylic acids is 1. The number of carboxylic acid groups (broad SMARTS) is 1. The number of methoxy groups -OCH3 is 1. The molecule has 5 heteroatoms. The van der Waals surface area contributed by atoms with Gasteiger partial charge in [-0.1, -0.05) is 0 Å². The Morgan fingerprint density at radius 3 is 2.67 bits per heavy atom. The third-order valence-corrected chi connectivity index (χ3v) is 3.42. The first-order valence-electron chi connectivity index (χ1n) is 5.79. The molecule has 0 heterocycles. The number of hydrogen-bond donors (Lipinski definition) is 1. The molecule has 0 aliphatic carbocycles. The second-order valence-electron chi connectivity index (χ2n) is 4.06. The second-order valence-corrected chi connectivity index (χ2v) is 4.92. The van der Waals surface area contributed by atoms with E-state index in [1.54, 1.807) is 19.2 Å². The number of benzene rings is 1. The highest BCUT2D eigenvalue weighted by Gasteiger charge is 2.16. The van der Waals surface area contributed by atoms with Gasteiger partial charge < -0.3 is 14.7 Å². The maximum absolute atomic E-state index is 10.9. The molecule has 1 N–H and O–H groups in total. The lowest BCUT2D eigenvalue weighted by molar-refractivity contribution is 0.0697. The van der Waals surface area contributed by atoms with Gasteiger partial charge >= 0.3 is 5.97 Å². The van der Waals surface area contributed by atoms with Crippen molar-refractivity contribution in [1.82, 2.24) is 0 Å². The van der Waals surface area contributed by atoms with Crippen molar-refractivity contribution in [3.8, 4) is 0 Å². The van der Waals surface area contributed by atoms with Crippen LogP contribution in [0.4, 0.5) is 5.69 Å². The Morgan fingerprint density at radius 1 is 1.56 bits per heavy atom. The molecule has 0 saturated carbocycles. The first-order chi connectivity index (χ1) is 8.51. The summed E-state index contributed by atoms with van der Waals surface area (Å²) < 4.78 is 5.94. The minimum absolute atomic E-state index is 0.229. The van der Waals surface area contributed by atoms with Crippen molar-refractivity contribution in [2.45, 2.75) is 19.9 Å². The molecule has 100 valence electrons. The van der Waals surface area contributed by atoms with Crippen LogP contribution in [0.1, 0.15) is 24.2 Å². The Kier molecular flexibility index (Phi) is 5.62. The molecule has 0 aliphatic rings. The molecule has 1 aromatic carbocycles. The van der Waals surface area contributed by atoms with E-state index in [4.69, 9.17) is 9.84 Å². The van der Waals surface area contributed by atoms with Crippen LogP contribution in [0, 0.1) is 0 Å². The van der Waals surface area contributed by atoms with E-state index in [1.807, 2.05) is 6.07 Å². The molecule has 4 nitrogen and oxygen atoms in total. The van der Waals surface area contributed by atoms with Crippen LogP contribution in [0.25, 0.3) is 0 Å². The molecule has 1 aromatic rings. The summed E-state index contributed by atoms with van der Waals surface area (Å²) in [6.07, 6.45) is 0. The van der Waals surface area contributed by atoms with E-state index in [-0.39, 0.29) is 11.6 Å². The standard InChI is InChI=1S/C13H18BrNO3/c1-4-15(9(2)8-18-3)12-6-5-10(13(16)17)7-11(12)14/h5-7,9H,4,8H2,1-3H3,(H,16,17). The van der Waals surface area contributed by atoms with Crippen LogP contribution in [0.3, 0.4) is 0 Å². The third kappa shape index (κ3) is 3.46. The van der Waals surface area contributed by atoms with Gasteiger partial charge in [0.15, 0.2) is 0 Å². The molecule has 0 amide bonds. The zero-order chi connectivity index (χ0) is 13.7. The molecule has 0 spiro atoms. The van der Waals surface area contributed by atoms with Gasteiger partial charge in [-0.2, -0.15) is 0 Å². The van der Waals surface area contributed by atoms with Crippen LogP contribution < -0.4 is 4.90 Å². The highest BCUT2D eigenvalue weighted by Crippen LogP contribution is 2.28. The number of anilines is 1. The smallest absolute Gasteiger partial charge is 0.335 e. The van der Waals surface area contributed by atoms with Gasteiger partial charge in [-0.05, 0) is 48.0 Å². The molecule has 18 heavy (non-hydrogen) atoms. The normalized spacial score (nSPS) is 12.2. The van der Waals surface area contributed by atoms with Crippen molar-refractivity contribution >= 4 is 27.6 Å². The van der Waals surface area contributed by atoms with Crippen molar-refractivity contribution in [1.29, 1.82) is 0 Å². The van der Waals surface area contributed by atoms with Gasteiger partial charge in [0.1, 0.15) is 0 Å². The molecular formula is C13H18BrNO3. The van der Waals surface area contributed by atoms with Crippen LogP contribution in [-0.2, 0) is 4.74 Å². The molecular weight excluding hydrogens is 298 g/mol. The van der Waals surface area contributed by atoms with Crippen LogP contribution in [0.15, 0.2) is 22.7 Å². The summed E-state index contributed by atoms with van der Waals surface area (Å²) in [4.78, 5) is 13.1. The number of carbonyl (C=O) groups is 1. The van der Waals surface area contributed by atoms with E-state index in [1.165, 1.54) is 0 Å². The van der Waals surface area contributed by atoms with E-state index >= 15 is 0 Å². The lowest BCUT2D eigenvalue weighted by Crippen LogP contribution is -2.36. The highest BCUT2D eigenvalue weighted by atomic mass is 79.9. The van der Waals surface area contributed by atoms with Crippen LogP contribution in [0.5, 0.6) is 0 Å². The van der Waals surface area contributed by atoms with E-state index in [0.717, 1.165) is 16.7 Å². The number of ether oxygens (including phenoxy) is 1. The predicted molar refractivity (Wildman–Crippen MR) is 75.5 cm³/mol. The molecule has 1 atom stereocenters. The molecule has 0 radical (unpaired) electrons. The average molecular weight is 316 g/mol. The number of halogens is 1. The van der Waals surface area contributed by atoms with E-state index in [0.29, 0.717) is 6.61 Å². The molecule has 0 aliphatic heterocycles. The van der Waals surface area contributed by atoms with Gasteiger partial charge in [0.2, 0.25) is 0 Å². The van der Waals surface area contributed by atoms with Gasteiger partial charge in [-0.15, -0.1) is 0 Å². The first-order valence-corrected chi connectivity index (χ1v) is 6.59. The van der Waals surface area contributed by atoms with Crippen molar-refractivity contribution in [2.75, 3.05) is 25.2 Å². The Balaban J connectivity index is 3.03. The summed E-state index contributed by atoms with van der Waals surface area (Å²) in [5.41, 5.74) is 1.26. The van der Waals surface area contributed by atoms with Gasteiger partial charge in [0, 0.05) is 24.2 Å². The lowest BCUT2D eigenvalue weighted by Gasteiger charge is -2.30. The maximum Gasteiger partial charge on any atom is 0.335 e. The average Bonchev–Trinajstić information content (AvgIpc) is 2.32. The predicted octanol–water partition coefficient (Wildman–Crippen LogP) is 3.01. The second kappa shape index (κ2) is 6.75. The molecule has 0 fully saturated rings. The van der Waals surface area contributed by atoms with E-state index in [2.05, 4.69) is 34.7 Å². The molecule has 0 aromatic heterocycles. The minimum Gasteiger partial charge on any atom is -0.478 e. The summed E-state index contributed by atoms with van der Waals surface area (Å²) in [7, 11) is 1.67. The van der Waals surface area contributed by atoms with E-state index in [9.17, 15) is 4.79 Å². The fraction of sp³-hybridized carbons (Fsp3) is 0.462. The van der Waals surface area contributed by atoms with Crippen LogP contribution in [-0.4, -0.2) is 37.4 Å². The number of carboxylic acids is 1. The zero-order valence-corrected chi connectivity index (χ0v) is 12.4. The molecule has 1 rings (SSSR count). The fourth-order valence-corrected chi connectivity index (χ4v) is 2.53. The fourth-order valence-electron chi connectivity index (χ4n) is 1.92. The largest absolute Gasteiger partial charge is 0.478 e. The van der Waals surface area contributed by atoms with Gasteiger partial charge in [0.25, 0.3) is 0 Å². The van der Waals surface area contributed by atoms with Crippen LogP contribution in [0.2, 0.25) is 0 Å². The summed E-state index contributed by atoms with van der Waals surface area (Å²) in [5, 5.41) is 8.93. The Bertz CT molecular complexity index is 423. The monoisotopic (exact) mass is 315 g/mol. The van der Waals surface area contributed by atoms with Gasteiger partial charge in [-0.3, -0.25) is 0 Å². The summed E-state index contributed by atoms with van der Waals surface area (Å²) in [6.45, 7) is 5.59. The highest BCUT2D eigenvalue weighted by molar-refractivity contribution is 9.10. The summed E-state index contributed by atoms with van der Waals surface area (Å²) in [6, 6.07) is 5.29. The molecule has 0 saturated heterocycles. The Hall–Kier alpha value is -1.07. The van der Waals surface area contributed by atoms with Crippen molar-refractivity contribution in [2.24, 2.45) is 0 Å². The Labute approximate surface area is 116 Å². The quantitative estimate of drug-likeness (QED) is 0.876. The van der Waals surface area contributed by atoms with Crippen molar-refractivity contribution < 1.29 is 14.6 Å². The SMILES string of the molecule is CCN(c1ccc(C(=O)O)cc1Br)C(C)COC. The maximum atomic E-state index is 10.9. The van der Waals surface area contributed by atoms with E-state index < -0.39 is 5.97 Å². The van der Waals surface area contributed by atoms with Gasteiger partial charge in [-0.25, -0.2) is 4.79 Å². The zero-order valence-electron chi connectivity index (χ0n) is 10.8. The number of likely N-dealkylation sites (N-methyl/N-ethyl adjacent to an activating group) is 1. The third-order valence-electron chi connectivity index (χ3n) is 2.78. The Morgan fingerprint density at radius 2 is 2.22 bits per heavy atom. The van der Waals surface area contributed by atoms with Gasteiger partial charge in [0.05, 0.1) is 17.9 Å². The summed E-state index contributed by atoms with van der Waals surface area (Å²) >= 11 is 3.43. The molecule has 1 unspecified atom stereocenters. The number of nitrogens with zero attached hydrogens (tertiary/aromatic N) is 1. The number of rotatable bonds is 6. The summed E-state index contributed by atoms with van der Waals surface area (Å²) in [5.74, 6) is -0.921. The minimum atomic E-state index is -0.921. The first kappa shape index (κ1) is 15.0. The van der Waals surface area contributed by atoms with Crippen molar-refractivity contribution in [3.05, 3.63) is 28.2 Å². The topological polar surface area (TPSA) is 49.8 Å². The van der Waals surface area contributed by atoms with Crippen LogP contribution >= 0.6 is 15.9 Å². The lowest BCUT2D eigenvalue weighted by atomic mass is 10.1. The molecule has 0 bridgehead atoms. The number of hydrogen-bond acceptors (Lipinski definition) is 3. The van der Waals surface area contributed by atoms with Crippen molar-refractivity contribution in [3.63, 3.8) is 0 Å².